The Bertz CT molecular complexity index is 714. The topological polar surface area (TPSA) is 65.4 Å². The lowest BCUT2D eigenvalue weighted by Crippen LogP contribution is -2.27. The Hall–Kier alpha value is -2.02. The second-order valence-corrected chi connectivity index (χ2v) is 5.97. The molecule has 0 unspecified atom stereocenters. The first kappa shape index (κ1) is 14.9. The predicted octanol–water partition coefficient (Wildman–Crippen LogP) is 2.44. The first-order valence-corrected chi connectivity index (χ1v) is 7.72. The van der Waals surface area contributed by atoms with Crippen LogP contribution in [-0.4, -0.2) is 28.9 Å². The van der Waals surface area contributed by atoms with E-state index in [-0.39, 0.29) is 11.9 Å². The van der Waals surface area contributed by atoms with E-state index in [0.717, 1.165) is 10.0 Å². The highest BCUT2D eigenvalue weighted by atomic mass is 79.9. The molecule has 1 amide bonds. The number of aryl methyl sites for hydroxylation is 1. The number of ether oxygens (including phenoxy) is 2. The zero-order valence-corrected chi connectivity index (χ0v) is 13.9. The smallest absolute Gasteiger partial charge is 0.254 e. The Morgan fingerprint density at radius 1 is 1.36 bits per heavy atom. The summed E-state index contributed by atoms with van der Waals surface area (Å²) in [7, 11) is 1.78. The van der Waals surface area contributed by atoms with E-state index in [2.05, 4.69) is 26.3 Å². The Morgan fingerprint density at radius 3 is 2.68 bits per heavy atom. The van der Waals surface area contributed by atoms with Gasteiger partial charge in [0.15, 0.2) is 11.5 Å². The van der Waals surface area contributed by atoms with Crippen molar-refractivity contribution in [2.75, 3.05) is 13.2 Å². The molecule has 2 aromatic rings. The maximum absolute atomic E-state index is 12.2. The zero-order chi connectivity index (χ0) is 15.7. The number of benzene rings is 1. The van der Waals surface area contributed by atoms with Crippen LogP contribution in [0.3, 0.4) is 0 Å². The van der Waals surface area contributed by atoms with Gasteiger partial charge in [0.1, 0.15) is 13.2 Å². The first-order chi connectivity index (χ1) is 10.5. The highest BCUT2D eigenvalue weighted by Gasteiger charge is 2.20. The van der Waals surface area contributed by atoms with Gasteiger partial charge in [-0.15, -0.1) is 0 Å². The van der Waals surface area contributed by atoms with Crippen molar-refractivity contribution in [1.29, 1.82) is 0 Å². The number of nitrogens with zero attached hydrogens (tertiary/aromatic N) is 2. The van der Waals surface area contributed by atoms with E-state index in [1.165, 1.54) is 0 Å². The van der Waals surface area contributed by atoms with Gasteiger partial charge in [0.25, 0.3) is 5.91 Å². The molecule has 1 aromatic carbocycles. The molecule has 1 aliphatic rings. The van der Waals surface area contributed by atoms with Crippen molar-refractivity contribution >= 4 is 21.8 Å². The fourth-order valence-electron chi connectivity index (χ4n) is 2.31. The number of fused-ring (bicyclic) bond motifs is 1. The summed E-state index contributed by atoms with van der Waals surface area (Å²) in [4.78, 5) is 12.2. The molecule has 0 spiro atoms. The molecule has 1 N–H and O–H groups in total. The van der Waals surface area contributed by atoms with Crippen LogP contribution in [0, 0.1) is 0 Å². The first-order valence-electron chi connectivity index (χ1n) is 6.93. The number of hydrogen-bond donors (Lipinski definition) is 1. The SMILES string of the molecule is C[C@H](NC(=O)c1cnn(C)c1)c1cc2c(cc1Br)OCCO2. The summed E-state index contributed by atoms with van der Waals surface area (Å²) in [5.74, 6) is 1.25. The van der Waals surface area contributed by atoms with Gasteiger partial charge in [-0.05, 0) is 24.6 Å². The summed E-state index contributed by atoms with van der Waals surface area (Å²) in [6.45, 7) is 3.00. The summed E-state index contributed by atoms with van der Waals surface area (Å²) >= 11 is 3.52. The second-order valence-electron chi connectivity index (χ2n) is 5.12. The van der Waals surface area contributed by atoms with Crippen LogP contribution in [0.5, 0.6) is 11.5 Å². The van der Waals surface area contributed by atoms with E-state index >= 15 is 0 Å². The van der Waals surface area contributed by atoms with Gasteiger partial charge in [-0.3, -0.25) is 9.48 Å². The molecule has 1 aromatic heterocycles. The molecule has 1 aliphatic heterocycles. The fraction of sp³-hybridized carbons (Fsp3) is 0.333. The molecule has 2 heterocycles. The van der Waals surface area contributed by atoms with Gasteiger partial charge in [-0.1, -0.05) is 15.9 Å². The largest absolute Gasteiger partial charge is 0.486 e. The van der Waals surface area contributed by atoms with Crippen LogP contribution in [0.4, 0.5) is 0 Å². The minimum Gasteiger partial charge on any atom is -0.486 e. The minimum atomic E-state index is -0.182. The number of halogens is 1. The molecular formula is C15H16BrN3O3. The quantitative estimate of drug-likeness (QED) is 0.906. The highest BCUT2D eigenvalue weighted by Crippen LogP contribution is 2.37. The van der Waals surface area contributed by atoms with Crippen LogP contribution in [0.25, 0.3) is 0 Å². The molecule has 7 heteroatoms. The van der Waals surface area contributed by atoms with E-state index in [4.69, 9.17) is 9.47 Å². The third-order valence-corrected chi connectivity index (χ3v) is 4.13. The van der Waals surface area contributed by atoms with Crippen LogP contribution in [0.1, 0.15) is 28.9 Å². The lowest BCUT2D eigenvalue weighted by molar-refractivity contribution is 0.0939. The van der Waals surface area contributed by atoms with Gasteiger partial charge in [-0.25, -0.2) is 0 Å². The number of rotatable bonds is 3. The minimum absolute atomic E-state index is 0.164. The van der Waals surface area contributed by atoms with Crippen molar-refractivity contribution in [3.05, 3.63) is 40.1 Å². The lowest BCUT2D eigenvalue weighted by atomic mass is 10.1. The molecule has 0 saturated carbocycles. The summed E-state index contributed by atoms with van der Waals surface area (Å²) in [6, 6.07) is 3.58. The average Bonchev–Trinajstić information content (AvgIpc) is 2.93. The second kappa shape index (κ2) is 6.00. The van der Waals surface area contributed by atoms with Crippen molar-refractivity contribution in [2.45, 2.75) is 13.0 Å². The summed E-state index contributed by atoms with van der Waals surface area (Å²) in [6.07, 6.45) is 3.22. The molecule has 1 atom stereocenters. The highest BCUT2D eigenvalue weighted by molar-refractivity contribution is 9.10. The maximum Gasteiger partial charge on any atom is 0.254 e. The molecule has 116 valence electrons. The number of hydrogen-bond acceptors (Lipinski definition) is 4. The van der Waals surface area contributed by atoms with E-state index in [9.17, 15) is 4.79 Å². The monoisotopic (exact) mass is 365 g/mol. The van der Waals surface area contributed by atoms with Gasteiger partial charge in [0, 0.05) is 17.7 Å². The standard InChI is InChI=1S/C15H16BrN3O3/c1-9(18-15(20)10-7-17-19(2)8-10)11-5-13-14(6-12(11)16)22-4-3-21-13/h5-9H,3-4H2,1-2H3,(H,18,20)/t9-/m0/s1. The Kier molecular flexibility index (Phi) is 4.06. The van der Waals surface area contributed by atoms with Crippen molar-refractivity contribution in [3.63, 3.8) is 0 Å². The van der Waals surface area contributed by atoms with E-state index < -0.39 is 0 Å². The normalized spacial score (nSPS) is 14.5. The zero-order valence-electron chi connectivity index (χ0n) is 12.3. The van der Waals surface area contributed by atoms with Gasteiger partial charge in [0.05, 0.1) is 17.8 Å². The third kappa shape index (κ3) is 2.94. The third-order valence-electron chi connectivity index (χ3n) is 3.44. The van der Waals surface area contributed by atoms with E-state index in [0.29, 0.717) is 30.3 Å². The van der Waals surface area contributed by atoms with E-state index in [1.54, 1.807) is 24.1 Å². The Labute approximate surface area is 136 Å². The average molecular weight is 366 g/mol. The number of amides is 1. The maximum atomic E-state index is 12.2. The van der Waals surface area contributed by atoms with Crippen LogP contribution in [-0.2, 0) is 7.05 Å². The van der Waals surface area contributed by atoms with Crippen LogP contribution in [0.2, 0.25) is 0 Å². The summed E-state index contributed by atoms with van der Waals surface area (Å²) in [5.41, 5.74) is 1.46. The Balaban J connectivity index is 1.80. The molecule has 6 nitrogen and oxygen atoms in total. The molecule has 3 rings (SSSR count). The van der Waals surface area contributed by atoms with Crippen molar-refractivity contribution in [1.82, 2.24) is 15.1 Å². The predicted molar refractivity (Wildman–Crippen MR) is 84.2 cm³/mol. The van der Waals surface area contributed by atoms with Gasteiger partial charge in [0.2, 0.25) is 0 Å². The molecule has 0 fully saturated rings. The van der Waals surface area contributed by atoms with Gasteiger partial charge >= 0.3 is 0 Å². The van der Waals surface area contributed by atoms with Crippen molar-refractivity contribution in [3.8, 4) is 11.5 Å². The van der Waals surface area contributed by atoms with Crippen molar-refractivity contribution < 1.29 is 14.3 Å². The summed E-state index contributed by atoms with van der Waals surface area (Å²) < 4.78 is 13.6. The van der Waals surface area contributed by atoms with Crippen LogP contribution < -0.4 is 14.8 Å². The van der Waals surface area contributed by atoms with Gasteiger partial charge in [-0.2, -0.15) is 5.10 Å². The Morgan fingerprint density at radius 2 is 2.05 bits per heavy atom. The molecule has 0 bridgehead atoms. The number of carbonyl (C=O) groups excluding carboxylic acids is 1. The number of carbonyl (C=O) groups is 1. The molecule has 0 saturated heterocycles. The summed E-state index contributed by atoms with van der Waals surface area (Å²) in [5, 5.41) is 6.96. The lowest BCUT2D eigenvalue weighted by Gasteiger charge is -2.22. The van der Waals surface area contributed by atoms with Crippen LogP contribution in [0.15, 0.2) is 29.0 Å². The van der Waals surface area contributed by atoms with Gasteiger partial charge < -0.3 is 14.8 Å². The fourth-order valence-corrected chi connectivity index (χ4v) is 2.97. The number of nitrogens with one attached hydrogen (secondary N) is 1. The molecule has 0 aliphatic carbocycles. The van der Waals surface area contributed by atoms with Crippen molar-refractivity contribution in [2.24, 2.45) is 7.05 Å². The molecule has 0 radical (unpaired) electrons. The molecule has 22 heavy (non-hydrogen) atoms. The van der Waals surface area contributed by atoms with Crippen LogP contribution >= 0.6 is 15.9 Å². The van der Waals surface area contributed by atoms with E-state index in [1.807, 2.05) is 19.1 Å². The molecular weight excluding hydrogens is 350 g/mol. The number of aromatic nitrogens is 2.